The highest BCUT2D eigenvalue weighted by Crippen LogP contribution is 2.38. The van der Waals surface area contributed by atoms with Crippen molar-refractivity contribution in [1.29, 1.82) is 0 Å². The molecule has 4 rings (SSSR count). The summed E-state index contributed by atoms with van der Waals surface area (Å²) in [6, 6.07) is 15.2. The van der Waals surface area contributed by atoms with Gasteiger partial charge in [-0.2, -0.15) is 13.2 Å². The number of benzene rings is 3. The molecule has 230 valence electrons. The van der Waals surface area contributed by atoms with Gasteiger partial charge in [0.15, 0.2) is 0 Å². The molecule has 0 aromatic heterocycles. The van der Waals surface area contributed by atoms with Gasteiger partial charge >= 0.3 is 6.18 Å². The third kappa shape index (κ3) is 8.01. The van der Waals surface area contributed by atoms with E-state index in [1.165, 1.54) is 36.1 Å². The van der Waals surface area contributed by atoms with E-state index in [1.807, 2.05) is 0 Å². The van der Waals surface area contributed by atoms with Gasteiger partial charge in [0.2, 0.25) is 11.8 Å². The Kier molecular flexibility index (Phi) is 10.3. The molecule has 1 aliphatic rings. The number of carbonyl (C=O) groups is 2. The first kappa shape index (κ1) is 32.6. The number of nitrogens with zero attached hydrogens (tertiary/aromatic N) is 2. The summed E-state index contributed by atoms with van der Waals surface area (Å²) < 4.78 is 69.5. The summed E-state index contributed by atoms with van der Waals surface area (Å²) in [4.78, 5) is 28.2. The van der Waals surface area contributed by atoms with Gasteiger partial charge in [-0.05, 0) is 67.8 Å². The Morgan fingerprint density at radius 2 is 1.60 bits per heavy atom. The molecule has 0 radical (unpaired) electrons. The molecule has 1 aliphatic carbocycles. The Bertz CT molecular complexity index is 1550. The molecule has 0 unspecified atom stereocenters. The summed E-state index contributed by atoms with van der Waals surface area (Å²) in [5.74, 6) is -1.22. The maximum atomic E-state index is 14.0. The monoisotopic (exact) mass is 655 g/mol. The summed E-state index contributed by atoms with van der Waals surface area (Å²) in [6.07, 6.45) is -1.32. The van der Waals surface area contributed by atoms with Crippen LogP contribution in [0.5, 0.6) is 0 Å². The van der Waals surface area contributed by atoms with Crippen molar-refractivity contribution >= 4 is 50.7 Å². The summed E-state index contributed by atoms with van der Waals surface area (Å²) in [6.45, 7) is 0.561. The molecule has 43 heavy (non-hydrogen) atoms. The van der Waals surface area contributed by atoms with Crippen LogP contribution in [0.25, 0.3) is 0 Å². The lowest BCUT2D eigenvalue weighted by Gasteiger charge is -2.32. The van der Waals surface area contributed by atoms with Crippen molar-refractivity contribution in [1.82, 2.24) is 10.2 Å². The number of anilines is 1. The zero-order valence-corrected chi connectivity index (χ0v) is 25.5. The van der Waals surface area contributed by atoms with Crippen molar-refractivity contribution in [3.05, 3.63) is 94.0 Å². The third-order valence-electron chi connectivity index (χ3n) is 7.29. The van der Waals surface area contributed by atoms with Gasteiger partial charge in [0.1, 0.15) is 12.6 Å². The Morgan fingerprint density at radius 3 is 2.21 bits per heavy atom. The number of amides is 2. The molecule has 1 atom stereocenters. The van der Waals surface area contributed by atoms with Gasteiger partial charge in [-0.25, -0.2) is 8.42 Å². The smallest absolute Gasteiger partial charge is 0.352 e. The van der Waals surface area contributed by atoms with Gasteiger partial charge in [-0.15, -0.1) is 0 Å². The predicted molar refractivity (Wildman–Crippen MR) is 159 cm³/mol. The van der Waals surface area contributed by atoms with E-state index in [1.54, 1.807) is 30.3 Å². The SMILES string of the molecule is C[C@@H](C(=O)NC1CCCC1)N(Cc1ccc(Cl)cc1)C(=O)CN(c1ccc(Cl)c(C(F)(F)F)c1)S(=O)(=O)c1ccccc1. The standard InChI is InChI=1S/C30H30Cl2F3N3O4S/c1-20(29(40)36-23-7-5-6-8-23)37(18-21-11-13-22(31)14-12-21)28(39)19-38(43(41,42)25-9-3-2-4-10-25)24-15-16-27(32)26(17-24)30(33,34)35/h2-4,9-17,20,23H,5-8,18-19H2,1H3,(H,36,40)/t20-/m0/s1. The molecule has 0 heterocycles. The number of alkyl halides is 3. The molecule has 2 amide bonds. The van der Waals surface area contributed by atoms with Gasteiger partial charge in [0.05, 0.1) is 21.2 Å². The van der Waals surface area contributed by atoms with Crippen LogP contribution < -0.4 is 9.62 Å². The largest absolute Gasteiger partial charge is 0.417 e. The minimum atomic E-state index is -4.88. The van der Waals surface area contributed by atoms with E-state index in [0.29, 0.717) is 21.0 Å². The van der Waals surface area contributed by atoms with Gasteiger partial charge in [0, 0.05) is 17.6 Å². The van der Waals surface area contributed by atoms with Crippen LogP contribution in [0.2, 0.25) is 10.0 Å². The van der Waals surface area contributed by atoms with Gasteiger partial charge < -0.3 is 10.2 Å². The Balaban J connectivity index is 1.74. The number of halogens is 5. The summed E-state index contributed by atoms with van der Waals surface area (Å²) in [5, 5.41) is 2.79. The highest BCUT2D eigenvalue weighted by Gasteiger charge is 2.37. The fourth-order valence-corrected chi connectivity index (χ4v) is 6.67. The molecule has 1 fully saturated rings. The zero-order chi connectivity index (χ0) is 31.4. The fourth-order valence-electron chi connectivity index (χ4n) is 4.90. The highest BCUT2D eigenvalue weighted by molar-refractivity contribution is 7.92. The molecule has 1 N–H and O–H groups in total. The second-order valence-corrected chi connectivity index (χ2v) is 13.0. The van der Waals surface area contributed by atoms with Crippen LogP contribution in [0.15, 0.2) is 77.7 Å². The van der Waals surface area contributed by atoms with Crippen LogP contribution >= 0.6 is 23.2 Å². The number of hydrogen-bond acceptors (Lipinski definition) is 4. The first-order valence-electron chi connectivity index (χ1n) is 13.6. The van der Waals surface area contributed by atoms with E-state index < -0.39 is 56.9 Å². The average molecular weight is 657 g/mol. The molecular formula is C30H30Cl2F3N3O4S. The van der Waals surface area contributed by atoms with E-state index in [4.69, 9.17) is 23.2 Å². The van der Waals surface area contributed by atoms with E-state index in [-0.39, 0.29) is 17.5 Å². The number of hydrogen-bond donors (Lipinski definition) is 1. The van der Waals surface area contributed by atoms with Crippen molar-refractivity contribution < 1.29 is 31.2 Å². The van der Waals surface area contributed by atoms with Crippen LogP contribution in [0, 0.1) is 0 Å². The molecule has 3 aromatic rings. The maximum absolute atomic E-state index is 14.0. The Morgan fingerprint density at radius 1 is 0.977 bits per heavy atom. The topological polar surface area (TPSA) is 86.8 Å². The second kappa shape index (κ2) is 13.6. The molecular weight excluding hydrogens is 626 g/mol. The molecule has 1 saturated carbocycles. The number of nitrogens with one attached hydrogen (secondary N) is 1. The van der Waals surface area contributed by atoms with Crippen molar-refractivity contribution in [3.63, 3.8) is 0 Å². The summed E-state index contributed by atoms with van der Waals surface area (Å²) in [5.41, 5.74) is -1.06. The average Bonchev–Trinajstić information content (AvgIpc) is 3.48. The van der Waals surface area contributed by atoms with Crippen molar-refractivity contribution in [2.24, 2.45) is 0 Å². The number of sulfonamides is 1. The van der Waals surface area contributed by atoms with E-state index >= 15 is 0 Å². The quantitative estimate of drug-likeness (QED) is 0.264. The summed E-state index contributed by atoms with van der Waals surface area (Å²) in [7, 11) is -4.54. The number of rotatable bonds is 10. The summed E-state index contributed by atoms with van der Waals surface area (Å²) >= 11 is 11.8. The van der Waals surface area contributed by atoms with Crippen LogP contribution in [0.4, 0.5) is 18.9 Å². The van der Waals surface area contributed by atoms with Crippen LogP contribution in [-0.4, -0.2) is 43.8 Å². The molecule has 0 saturated heterocycles. The van der Waals surface area contributed by atoms with Gasteiger partial charge in [-0.3, -0.25) is 13.9 Å². The molecule has 0 bridgehead atoms. The lowest BCUT2D eigenvalue weighted by molar-refractivity contribution is -0.139. The first-order chi connectivity index (χ1) is 20.3. The van der Waals surface area contributed by atoms with Crippen LogP contribution in [-0.2, 0) is 32.3 Å². The molecule has 13 heteroatoms. The van der Waals surface area contributed by atoms with Crippen molar-refractivity contribution in [2.45, 2.75) is 62.3 Å². The van der Waals surface area contributed by atoms with Gasteiger partial charge in [-0.1, -0.05) is 66.4 Å². The molecule has 0 aliphatic heterocycles. The van der Waals surface area contributed by atoms with Crippen molar-refractivity contribution in [2.75, 3.05) is 10.8 Å². The fraction of sp³-hybridized carbons (Fsp3) is 0.333. The van der Waals surface area contributed by atoms with E-state index in [9.17, 15) is 31.2 Å². The minimum Gasteiger partial charge on any atom is -0.352 e. The van der Waals surface area contributed by atoms with Gasteiger partial charge in [0.25, 0.3) is 10.0 Å². The van der Waals surface area contributed by atoms with Crippen LogP contribution in [0.1, 0.15) is 43.7 Å². The normalized spacial score (nSPS) is 14.7. The highest BCUT2D eigenvalue weighted by atomic mass is 35.5. The van der Waals surface area contributed by atoms with Crippen molar-refractivity contribution in [3.8, 4) is 0 Å². The molecule has 7 nitrogen and oxygen atoms in total. The number of carbonyl (C=O) groups excluding carboxylic acids is 2. The lowest BCUT2D eigenvalue weighted by atomic mass is 10.1. The predicted octanol–water partition coefficient (Wildman–Crippen LogP) is 6.68. The molecule has 0 spiro atoms. The maximum Gasteiger partial charge on any atom is 0.417 e. The first-order valence-corrected chi connectivity index (χ1v) is 15.8. The zero-order valence-electron chi connectivity index (χ0n) is 23.2. The molecule has 3 aromatic carbocycles. The van der Waals surface area contributed by atoms with E-state index in [0.717, 1.165) is 37.8 Å². The lowest BCUT2D eigenvalue weighted by Crippen LogP contribution is -2.52. The second-order valence-electron chi connectivity index (χ2n) is 10.3. The Labute approximate surface area is 258 Å². The third-order valence-corrected chi connectivity index (χ3v) is 9.66. The minimum absolute atomic E-state index is 0.0350. The Hall–Kier alpha value is -3.28. The van der Waals surface area contributed by atoms with Crippen LogP contribution in [0.3, 0.4) is 0 Å². The van der Waals surface area contributed by atoms with E-state index in [2.05, 4.69) is 5.32 Å².